The van der Waals surface area contributed by atoms with Crippen LogP contribution in [0.2, 0.25) is 0 Å². The summed E-state index contributed by atoms with van der Waals surface area (Å²) >= 11 is 0. The molecule has 8 nitrogen and oxygen atoms in total. The van der Waals surface area contributed by atoms with E-state index in [1.165, 1.54) is 24.3 Å². The molecule has 0 radical (unpaired) electrons. The lowest BCUT2D eigenvalue weighted by atomic mass is 9.88. The number of amides is 1. The number of carbonyl (C=O) groups is 2. The first kappa shape index (κ1) is 18.4. The zero-order chi connectivity index (χ0) is 19.6. The molecule has 9 heteroatoms. The number of primary amides is 1. The van der Waals surface area contributed by atoms with Crippen molar-refractivity contribution in [2.45, 2.75) is 12.8 Å². The Morgan fingerprint density at radius 1 is 1.22 bits per heavy atom. The number of nitrogens with zero attached hydrogens (tertiary/aromatic N) is 3. The average molecular weight is 372 g/mol. The Labute approximate surface area is 153 Å². The SMILES string of the molecule is NC(=O)c1cc([N+](=O)[O-])cnc1N1CCC(C(=O)c2ccc(F)cc2)CC1. The van der Waals surface area contributed by atoms with E-state index in [-0.39, 0.29) is 28.8 Å². The Morgan fingerprint density at radius 2 is 1.85 bits per heavy atom. The first-order valence-corrected chi connectivity index (χ1v) is 8.36. The number of anilines is 1. The van der Waals surface area contributed by atoms with E-state index >= 15 is 0 Å². The van der Waals surface area contributed by atoms with Crippen LogP contribution in [-0.4, -0.2) is 34.7 Å². The smallest absolute Gasteiger partial charge is 0.288 e. The molecule has 2 aromatic rings. The predicted molar refractivity (Wildman–Crippen MR) is 95.1 cm³/mol. The predicted octanol–water partition coefficient (Wildman–Crippen LogP) is 2.33. The van der Waals surface area contributed by atoms with Gasteiger partial charge in [0.15, 0.2) is 5.78 Å². The fourth-order valence-corrected chi connectivity index (χ4v) is 3.18. The molecule has 0 unspecified atom stereocenters. The number of Topliss-reactive ketones (excluding diaryl/α,β-unsaturated/α-hetero) is 1. The third kappa shape index (κ3) is 3.91. The molecule has 1 fully saturated rings. The van der Waals surface area contributed by atoms with Gasteiger partial charge in [0.25, 0.3) is 11.6 Å². The zero-order valence-electron chi connectivity index (χ0n) is 14.3. The number of piperidine rings is 1. The molecule has 1 aromatic heterocycles. The van der Waals surface area contributed by atoms with Crippen LogP contribution in [0.1, 0.15) is 33.6 Å². The van der Waals surface area contributed by atoms with Crippen LogP contribution in [0.5, 0.6) is 0 Å². The highest BCUT2D eigenvalue weighted by Crippen LogP contribution is 2.28. The van der Waals surface area contributed by atoms with Gasteiger partial charge in [-0.3, -0.25) is 19.7 Å². The molecular formula is C18H17FN4O4. The average Bonchev–Trinajstić information content (AvgIpc) is 2.67. The van der Waals surface area contributed by atoms with Crippen molar-refractivity contribution in [2.75, 3.05) is 18.0 Å². The highest BCUT2D eigenvalue weighted by molar-refractivity contribution is 5.99. The summed E-state index contributed by atoms with van der Waals surface area (Å²) < 4.78 is 13.0. The Balaban J connectivity index is 1.74. The van der Waals surface area contributed by atoms with Crippen LogP contribution in [0.25, 0.3) is 0 Å². The summed E-state index contributed by atoms with van der Waals surface area (Å²) in [6.07, 6.45) is 2.12. The summed E-state index contributed by atoms with van der Waals surface area (Å²) in [4.78, 5) is 40.3. The first-order valence-electron chi connectivity index (χ1n) is 8.36. The molecule has 140 valence electrons. The number of halogens is 1. The topological polar surface area (TPSA) is 119 Å². The van der Waals surface area contributed by atoms with Crippen LogP contribution < -0.4 is 10.6 Å². The quantitative estimate of drug-likeness (QED) is 0.489. The maximum Gasteiger partial charge on any atom is 0.288 e. The molecule has 27 heavy (non-hydrogen) atoms. The molecule has 0 aliphatic carbocycles. The normalized spacial score (nSPS) is 14.8. The number of nitrogens with two attached hydrogens (primary N) is 1. The van der Waals surface area contributed by atoms with Gasteiger partial charge in [-0.05, 0) is 37.1 Å². The van der Waals surface area contributed by atoms with Crippen molar-refractivity contribution >= 4 is 23.2 Å². The van der Waals surface area contributed by atoms with E-state index in [2.05, 4.69) is 4.98 Å². The summed E-state index contributed by atoms with van der Waals surface area (Å²) in [5.41, 5.74) is 5.47. The summed E-state index contributed by atoms with van der Waals surface area (Å²) in [5, 5.41) is 10.9. The number of hydrogen-bond acceptors (Lipinski definition) is 6. The van der Waals surface area contributed by atoms with Crippen molar-refractivity contribution in [3.8, 4) is 0 Å². The van der Waals surface area contributed by atoms with Crippen molar-refractivity contribution in [1.82, 2.24) is 4.98 Å². The van der Waals surface area contributed by atoms with Crippen LogP contribution in [-0.2, 0) is 0 Å². The van der Waals surface area contributed by atoms with Crippen molar-refractivity contribution in [3.05, 3.63) is 63.6 Å². The highest BCUT2D eigenvalue weighted by atomic mass is 19.1. The number of ketones is 1. The first-order chi connectivity index (χ1) is 12.9. The lowest BCUT2D eigenvalue weighted by Gasteiger charge is -2.32. The van der Waals surface area contributed by atoms with Crippen LogP contribution in [0.4, 0.5) is 15.9 Å². The van der Waals surface area contributed by atoms with Gasteiger partial charge in [0.1, 0.15) is 17.8 Å². The van der Waals surface area contributed by atoms with Gasteiger partial charge >= 0.3 is 0 Å². The number of nitro groups is 1. The lowest BCUT2D eigenvalue weighted by molar-refractivity contribution is -0.385. The van der Waals surface area contributed by atoms with E-state index in [9.17, 15) is 24.1 Å². The number of pyridine rings is 1. The fourth-order valence-electron chi connectivity index (χ4n) is 3.18. The van der Waals surface area contributed by atoms with Gasteiger partial charge in [-0.25, -0.2) is 9.37 Å². The van der Waals surface area contributed by atoms with Gasteiger partial charge in [-0.2, -0.15) is 0 Å². The van der Waals surface area contributed by atoms with Gasteiger partial charge < -0.3 is 10.6 Å². The maximum absolute atomic E-state index is 13.0. The van der Waals surface area contributed by atoms with Crippen molar-refractivity contribution in [1.29, 1.82) is 0 Å². The minimum absolute atomic E-state index is 0.0208. The summed E-state index contributed by atoms with van der Waals surface area (Å²) in [7, 11) is 0. The van der Waals surface area contributed by atoms with E-state index in [0.717, 1.165) is 12.3 Å². The molecule has 0 saturated carbocycles. The van der Waals surface area contributed by atoms with Crippen LogP contribution >= 0.6 is 0 Å². The maximum atomic E-state index is 13.0. The second kappa shape index (κ2) is 7.48. The molecule has 0 atom stereocenters. The molecule has 1 aromatic carbocycles. The van der Waals surface area contributed by atoms with E-state index in [4.69, 9.17) is 5.73 Å². The van der Waals surface area contributed by atoms with Crippen LogP contribution in [0.3, 0.4) is 0 Å². The molecule has 3 rings (SSSR count). The molecule has 0 spiro atoms. The highest BCUT2D eigenvalue weighted by Gasteiger charge is 2.29. The van der Waals surface area contributed by atoms with Gasteiger partial charge in [0, 0.05) is 30.6 Å². The number of hydrogen-bond donors (Lipinski definition) is 1. The van der Waals surface area contributed by atoms with Crippen molar-refractivity contribution in [2.24, 2.45) is 11.7 Å². The second-order valence-corrected chi connectivity index (χ2v) is 6.32. The monoisotopic (exact) mass is 372 g/mol. The number of rotatable bonds is 5. The van der Waals surface area contributed by atoms with Crippen LogP contribution in [0, 0.1) is 21.8 Å². The van der Waals surface area contributed by atoms with E-state index in [0.29, 0.717) is 31.5 Å². The van der Waals surface area contributed by atoms with Gasteiger partial charge in [-0.1, -0.05) is 0 Å². The Hall–Kier alpha value is -3.36. The Kier molecular flexibility index (Phi) is 5.11. The third-order valence-corrected chi connectivity index (χ3v) is 4.62. The largest absolute Gasteiger partial charge is 0.365 e. The van der Waals surface area contributed by atoms with E-state index in [1.807, 2.05) is 0 Å². The van der Waals surface area contributed by atoms with E-state index < -0.39 is 16.6 Å². The summed E-state index contributed by atoms with van der Waals surface area (Å²) in [5.74, 6) is -1.20. The van der Waals surface area contributed by atoms with Crippen LogP contribution in [0.15, 0.2) is 36.5 Å². The lowest BCUT2D eigenvalue weighted by Crippen LogP contribution is -2.38. The summed E-state index contributed by atoms with van der Waals surface area (Å²) in [6, 6.07) is 6.55. The molecule has 1 aliphatic rings. The number of aromatic nitrogens is 1. The zero-order valence-corrected chi connectivity index (χ0v) is 14.3. The molecule has 1 saturated heterocycles. The summed E-state index contributed by atoms with van der Waals surface area (Å²) in [6.45, 7) is 0.894. The van der Waals surface area contributed by atoms with Crippen molar-refractivity contribution in [3.63, 3.8) is 0 Å². The van der Waals surface area contributed by atoms with Gasteiger partial charge in [0.05, 0.1) is 10.5 Å². The molecule has 2 N–H and O–H groups in total. The molecule has 0 bridgehead atoms. The van der Waals surface area contributed by atoms with Gasteiger partial charge in [-0.15, -0.1) is 0 Å². The standard InChI is InChI=1S/C18H17FN4O4/c19-13-3-1-11(2-4-13)16(24)12-5-7-22(8-6-12)18-15(17(20)25)9-14(10-21-18)23(26)27/h1-4,9-10,12H,5-8H2,(H2,20,25). The van der Waals surface area contributed by atoms with E-state index in [1.54, 1.807) is 4.90 Å². The molecule has 1 amide bonds. The molecular weight excluding hydrogens is 355 g/mol. The fraction of sp³-hybridized carbons (Fsp3) is 0.278. The minimum Gasteiger partial charge on any atom is -0.365 e. The molecule has 1 aliphatic heterocycles. The van der Waals surface area contributed by atoms with Gasteiger partial charge in [0.2, 0.25) is 0 Å². The van der Waals surface area contributed by atoms with Crippen molar-refractivity contribution < 1.29 is 18.9 Å². The Bertz CT molecular complexity index is 893. The number of benzene rings is 1. The second-order valence-electron chi connectivity index (χ2n) is 6.32. The molecule has 2 heterocycles. The Morgan fingerprint density at radius 3 is 2.41 bits per heavy atom. The minimum atomic E-state index is -0.800. The third-order valence-electron chi connectivity index (χ3n) is 4.62. The number of carbonyl (C=O) groups excluding carboxylic acids is 2.